The van der Waals surface area contributed by atoms with Crippen LogP contribution in [0, 0.1) is 5.41 Å². The molecule has 0 aliphatic heterocycles. The summed E-state index contributed by atoms with van der Waals surface area (Å²) in [4.78, 5) is 4.19. The molecule has 1 N–H and O–H groups in total. The van der Waals surface area contributed by atoms with E-state index in [0.717, 1.165) is 13.0 Å². The fourth-order valence-electron chi connectivity index (χ4n) is 1.91. The number of sulfonamides is 1. The van der Waals surface area contributed by atoms with Crippen molar-refractivity contribution in [3.63, 3.8) is 0 Å². The first-order chi connectivity index (χ1) is 9.18. The second-order valence-electron chi connectivity index (χ2n) is 6.12. The van der Waals surface area contributed by atoms with Crippen LogP contribution in [0.25, 0.3) is 0 Å². The van der Waals surface area contributed by atoms with Crippen LogP contribution in [0.3, 0.4) is 0 Å². The van der Waals surface area contributed by atoms with E-state index in [2.05, 4.69) is 10.3 Å². The highest BCUT2D eigenvalue weighted by Gasteiger charge is 2.27. The van der Waals surface area contributed by atoms with Crippen molar-refractivity contribution in [2.75, 3.05) is 25.5 Å². The van der Waals surface area contributed by atoms with Gasteiger partial charge >= 0.3 is 0 Å². The van der Waals surface area contributed by atoms with Crippen LogP contribution in [0.2, 0.25) is 0 Å². The lowest BCUT2D eigenvalue weighted by atomic mass is 9.97. The zero-order valence-corrected chi connectivity index (χ0v) is 13.8. The Kier molecular flexibility index (Phi) is 5.53. The summed E-state index contributed by atoms with van der Waals surface area (Å²) >= 11 is 0. The van der Waals surface area contributed by atoms with E-state index in [1.54, 1.807) is 19.3 Å². The molecule has 1 aromatic rings. The van der Waals surface area contributed by atoms with Crippen LogP contribution in [0.4, 0.5) is 5.69 Å². The van der Waals surface area contributed by atoms with Gasteiger partial charge in [0.2, 0.25) is 10.0 Å². The summed E-state index contributed by atoms with van der Waals surface area (Å²) in [6.45, 7) is 9.26. The van der Waals surface area contributed by atoms with E-state index in [1.165, 1.54) is 10.5 Å². The Morgan fingerprint density at radius 2 is 2.00 bits per heavy atom. The predicted octanol–water partition coefficient (Wildman–Crippen LogP) is 2.57. The number of hydrogen-bond donors (Lipinski definition) is 1. The van der Waals surface area contributed by atoms with Gasteiger partial charge in [-0.3, -0.25) is 4.98 Å². The van der Waals surface area contributed by atoms with Gasteiger partial charge in [-0.15, -0.1) is 0 Å². The first-order valence-corrected chi connectivity index (χ1v) is 8.26. The molecule has 1 rings (SSSR count). The van der Waals surface area contributed by atoms with Gasteiger partial charge in [0.15, 0.2) is 0 Å². The monoisotopic (exact) mass is 299 g/mol. The topological polar surface area (TPSA) is 62.3 Å². The van der Waals surface area contributed by atoms with Crippen LogP contribution in [0.5, 0.6) is 0 Å². The molecule has 0 spiro atoms. The average molecular weight is 299 g/mol. The number of nitrogens with one attached hydrogen (secondary N) is 1. The van der Waals surface area contributed by atoms with Gasteiger partial charge in [-0.25, -0.2) is 12.7 Å². The fraction of sp³-hybridized carbons (Fsp3) is 0.643. The summed E-state index contributed by atoms with van der Waals surface area (Å²) < 4.78 is 26.7. The number of rotatable bonds is 6. The maximum Gasteiger partial charge on any atom is 0.246 e. The standard InChI is InChI=1S/C14H25N3O2S/c1-6-8-16-12-7-9-15-10-13(12)20(18,19)17(5)11-14(2,3)4/h7,9-10H,6,8,11H2,1-5H3,(H,15,16). The second kappa shape index (κ2) is 6.54. The third kappa shape index (κ3) is 4.45. The molecule has 20 heavy (non-hydrogen) atoms. The molecule has 0 saturated heterocycles. The molecule has 0 atom stereocenters. The molecule has 0 amide bonds. The predicted molar refractivity (Wildman–Crippen MR) is 82.3 cm³/mol. The van der Waals surface area contributed by atoms with Crippen LogP contribution >= 0.6 is 0 Å². The first-order valence-electron chi connectivity index (χ1n) is 6.82. The Morgan fingerprint density at radius 1 is 1.35 bits per heavy atom. The lowest BCUT2D eigenvalue weighted by Gasteiger charge is -2.26. The molecule has 114 valence electrons. The van der Waals surface area contributed by atoms with Crippen molar-refractivity contribution in [3.05, 3.63) is 18.5 Å². The van der Waals surface area contributed by atoms with Gasteiger partial charge in [-0.05, 0) is 17.9 Å². The van der Waals surface area contributed by atoms with Gasteiger partial charge in [-0.1, -0.05) is 27.7 Å². The summed E-state index contributed by atoms with van der Waals surface area (Å²) in [7, 11) is -1.92. The molecule has 0 fully saturated rings. The molecule has 0 aromatic carbocycles. The van der Waals surface area contributed by atoms with Crippen molar-refractivity contribution in [2.45, 2.75) is 39.0 Å². The third-order valence-corrected chi connectivity index (χ3v) is 4.57. The van der Waals surface area contributed by atoms with Gasteiger partial charge in [0.05, 0.1) is 5.69 Å². The first kappa shape index (κ1) is 16.9. The molecule has 1 heterocycles. The number of nitrogens with zero attached hydrogens (tertiary/aromatic N) is 2. The Bertz CT molecular complexity index is 536. The maximum absolute atomic E-state index is 12.6. The molecule has 0 unspecified atom stereocenters. The van der Waals surface area contributed by atoms with E-state index in [9.17, 15) is 8.42 Å². The Labute approximate surface area is 122 Å². The highest BCUT2D eigenvalue weighted by molar-refractivity contribution is 7.89. The van der Waals surface area contributed by atoms with E-state index < -0.39 is 10.0 Å². The van der Waals surface area contributed by atoms with Gasteiger partial charge < -0.3 is 5.32 Å². The Balaban J connectivity index is 3.09. The molecule has 6 heteroatoms. The maximum atomic E-state index is 12.6. The van der Waals surface area contributed by atoms with Gasteiger partial charge in [0.25, 0.3) is 0 Å². The molecular formula is C14H25N3O2S. The van der Waals surface area contributed by atoms with E-state index in [4.69, 9.17) is 0 Å². The Hall–Kier alpha value is -1.14. The van der Waals surface area contributed by atoms with Crippen LogP contribution in [-0.4, -0.2) is 37.8 Å². The number of anilines is 1. The average Bonchev–Trinajstić information content (AvgIpc) is 2.34. The molecule has 5 nitrogen and oxygen atoms in total. The van der Waals surface area contributed by atoms with Gasteiger partial charge in [0, 0.05) is 32.5 Å². The van der Waals surface area contributed by atoms with E-state index in [0.29, 0.717) is 12.2 Å². The van der Waals surface area contributed by atoms with E-state index in [1.807, 2.05) is 27.7 Å². The summed E-state index contributed by atoms with van der Waals surface area (Å²) in [6, 6.07) is 1.70. The molecular weight excluding hydrogens is 274 g/mol. The third-order valence-electron chi connectivity index (χ3n) is 2.74. The van der Waals surface area contributed by atoms with Crippen LogP contribution < -0.4 is 5.32 Å². The summed E-state index contributed by atoms with van der Waals surface area (Å²) in [5.41, 5.74) is 0.517. The number of aromatic nitrogens is 1. The van der Waals surface area contributed by atoms with Crippen molar-refractivity contribution >= 4 is 15.7 Å². The van der Waals surface area contributed by atoms with E-state index in [-0.39, 0.29) is 10.3 Å². The number of hydrogen-bond acceptors (Lipinski definition) is 4. The molecule has 0 saturated carbocycles. The van der Waals surface area contributed by atoms with Crippen molar-refractivity contribution in [3.8, 4) is 0 Å². The SMILES string of the molecule is CCCNc1ccncc1S(=O)(=O)N(C)CC(C)(C)C. The Morgan fingerprint density at radius 3 is 2.55 bits per heavy atom. The van der Waals surface area contributed by atoms with Crippen LogP contribution in [-0.2, 0) is 10.0 Å². The zero-order valence-electron chi connectivity index (χ0n) is 13.0. The smallest absolute Gasteiger partial charge is 0.246 e. The highest BCUT2D eigenvalue weighted by Crippen LogP contribution is 2.25. The summed E-state index contributed by atoms with van der Waals surface area (Å²) in [6.07, 6.45) is 3.94. The minimum Gasteiger partial charge on any atom is -0.384 e. The number of pyridine rings is 1. The van der Waals surface area contributed by atoms with Crippen LogP contribution in [0.1, 0.15) is 34.1 Å². The lowest BCUT2D eigenvalue weighted by molar-refractivity contribution is 0.311. The zero-order chi connectivity index (χ0) is 15.4. The van der Waals surface area contributed by atoms with Crippen molar-refractivity contribution < 1.29 is 8.42 Å². The lowest BCUT2D eigenvalue weighted by Crippen LogP contribution is -2.35. The molecule has 0 bridgehead atoms. The van der Waals surface area contributed by atoms with Crippen LogP contribution in [0.15, 0.2) is 23.4 Å². The fourth-order valence-corrected chi connectivity index (χ4v) is 3.42. The molecule has 0 radical (unpaired) electrons. The van der Waals surface area contributed by atoms with Gasteiger partial charge in [-0.2, -0.15) is 0 Å². The molecule has 0 aliphatic rings. The molecule has 0 aliphatic carbocycles. The van der Waals surface area contributed by atoms with Crippen molar-refractivity contribution in [2.24, 2.45) is 5.41 Å². The minimum absolute atomic E-state index is 0.0962. The normalized spacial score (nSPS) is 12.7. The quantitative estimate of drug-likeness (QED) is 0.877. The second-order valence-corrected chi connectivity index (χ2v) is 8.13. The van der Waals surface area contributed by atoms with Crippen molar-refractivity contribution in [1.29, 1.82) is 0 Å². The molecule has 1 aromatic heterocycles. The highest BCUT2D eigenvalue weighted by atomic mass is 32.2. The van der Waals surface area contributed by atoms with E-state index >= 15 is 0 Å². The largest absolute Gasteiger partial charge is 0.384 e. The minimum atomic E-state index is -3.52. The van der Waals surface area contributed by atoms with Gasteiger partial charge in [0.1, 0.15) is 4.90 Å². The summed E-state index contributed by atoms with van der Waals surface area (Å²) in [5.74, 6) is 0. The van der Waals surface area contributed by atoms with Crippen molar-refractivity contribution in [1.82, 2.24) is 9.29 Å². The summed E-state index contributed by atoms with van der Waals surface area (Å²) in [5, 5.41) is 3.14.